The molecule has 0 aliphatic heterocycles. The third-order valence-electron chi connectivity index (χ3n) is 2.68. The van der Waals surface area contributed by atoms with Gasteiger partial charge in [-0.1, -0.05) is 0 Å². The molecule has 0 aliphatic rings. The van der Waals surface area contributed by atoms with Crippen molar-refractivity contribution in [1.29, 1.82) is 0 Å². The number of rotatable bonds is 7. The molecule has 0 radical (unpaired) electrons. The van der Waals surface area contributed by atoms with Gasteiger partial charge in [0.25, 0.3) is 0 Å². The topological polar surface area (TPSA) is 39.7 Å². The van der Waals surface area contributed by atoms with Gasteiger partial charge in [0.1, 0.15) is 5.69 Å². The molecule has 120 valence electrons. The minimum atomic E-state index is -3.30. The molecule has 10 heteroatoms. The van der Waals surface area contributed by atoms with Crippen molar-refractivity contribution in [3.63, 3.8) is 0 Å². The summed E-state index contributed by atoms with van der Waals surface area (Å²) < 4.78 is 81.3. The predicted octanol–water partition coefficient (Wildman–Crippen LogP) is 2.60. The van der Waals surface area contributed by atoms with Crippen LogP contribution in [0.25, 0.3) is 0 Å². The molecule has 0 fully saturated rings. The third kappa shape index (κ3) is 3.51. The molecule has 0 saturated carbocycles. The van der Waals surface area contributed by atoms with Crippen molar-refractivity contribution >= 4 is 14.5 Å². The van der Waals surface area contributed by atoms with Crippen LogP contribution in [0.1, 0.15) is 6.92 Å². The van der Waals surface area contributed by atoms with E-state index in [-0.39, 0.29) is 12.8 Å². The number of hydrogen-bond acceptors (Lipinski definition) is 4. The van der Waals surface area contributed by atoms with E-state index in [9.17, 15) is 22.0 Å². The summed E-state index contributed by atoms with van der Waals surface area (Å²) in [7, 11) is -0.792. The lowest BCUT2D eigenvalue weighted by Crippen LogP contribution is -2.50. The highest BCUT2D eigenvalue weighted by Gasteiger charge is 2.39. The van der Waals surface area contributed by atoms with E-state index in [4.69, 9.17) is 13.3 Å². The van der Waals surface area contributed by atoms with Crippen LogP contribution in [0.5, 0.6) is 0 Å². The standard InChI is InChI=1S/C11H14F5NO3Si/c1-4-20-21(18-2,19-3)5-17-11-9(15)7(13)6(12)8(14)10(11)16/h17H,4-5H2,1-3H3. The summed E-state index contributed by atoms with van der Waals surface area (Å²) in [6.07, 6.45) is -0.369. The minimum absolute atomic E-state index is 0.187. The zero-order valence-electron chi connectivity index (χ0n) is 11.5. The predicted molar refractivity (Wildman–Crippen MR) is 66.1 cm³/mol. The first kappa shape index (κ1) is 17.8. The number of nitrogens with one attached hydrogen (secondary N) is 1. The Morgan fingerprint density at radius 1 is 0.857 bits per heavy atom. The highest BCUT2D eigenvalue weighted by molar-refractivity contribution is 6.61. The van der Waals surface area contributed by atoms with Crippen molar-refractivity contribution in [3.8, 4) is 0 Å². The molecule has 1 aromatic rings. The highest BCUT2D eigenvalue weighted by Crippen LogP contribution is 2.27. The molecule has 0 heterocycles. The van der Waals surface area contributed by atoms with Crippen LogP contribution in [0.3, 0.4) is 0 Å². The Morgan fingerprint density at radius 3 is 1.67 bits per heavy atom. The van der Waals surface area contributed by atoms with Gasteiger partial charge in [0.2, 0.25) is 5.82 Å². The third-order valence-corrected chi connectivity index (χ3v) is 5.26. The molecule has 0 bridgehead atoms. The molecule has 0 amide bonds. The largest absolute Gasteiger partial charge is 0.520 e. The van der Waals surface area contributed by atoms with Crippen molar-refractivity contribution in [2.75, 3.05) is 32.3 Å². The van der Waals surface area contributed by atoms with Crippen LogP contribution in [0.15, 0.2) is 0 Å². The summed E-state index contributed by atoms with van der Waals surface area (Å²) in [5, 5.41) is 2.11. The molecule has 1 N–H and O–H groups in total. The zero-order valence-corrected chi connectivity index (χ0v) is 12.5. The van der Waals surface area contributed by atoms with E-state index in [0.29, 0.717) is 0 Å². The van der Waals surface area contributed by atoms with E-state index in [2.05, 4.69) is 5.32 Å². The number of halogens is 5. The quantitative estimate of drug-likeness (QED) is 0.361. The second-order valence-corrected chi connectivity index (χ2v) is 6.65. The number of benzene rings is 1. The van der Waals surface area contributed by atoms with Gasteiger partial charge in [-0.25, -0.2) is 22.0 Å². The van der Waals surface area contributed by atoms with Gasteiger partial charge in [-0.2, -0.15) is 0 Å². The number of anilines is 1. The molecule has 0 aromatic heterocycles. The second kappa shape index (κ2) is 7.16. The lowest BCUT2D eigenvalue weighted by atomic mass is 10.2. The van der Waals surface area contributed by atoms with Gasteiger partial charge in [0.15, 0.2) is 23.3 Å². The van der Waals surface area contributed by atoms with Crippen LogP contribution in [0.2, 0.25) is 0 Å². The SMILES string of the molecule is CCO[Si](CNc1c(F)c(F)c(F)c(F)c1F)(OC)OC. The maximum absolute atomic E-state index is 13.5. The second-order valence-electron chi connectivity index (χ2n) is 3.82. The summed E-state index contributed by atoms with van der Waals surface area (Å²) in [4.78, 5) is 0. The molecule has 1 aromatic carbocycles. The van der Waals surface area contributed by atoms with E-state index in [1.165, 1.54) is 14.2 Å². The Morgan fingerprint density at radius 2 is 1.29 bits per heavy atom. The Labute approximate surface area is 119 Å². The van der Waals surface area contributed by atoms with Crippen molar-refractivity contribution in [1.82, 2.24) is 0 Å². The van der Waals surface area contributed by atoms with Crippen LogP contribution in [0, 0.1) is 29.1 Å². The first-order valence-corrected chi connectivity index (χ1v) is 7.76. The van der Waals surface area contributed by atoms with Gasteiger partial charge in [0.05, 0.1) is 6.17 Å². The van der Waals surface area contributed by atoms with Gasteiger partial charge >= 0.3 is 8.80 Å². The summed E-state index contributed by atoms with van der Waals surface area (Å²) in [6, 6.07) is 0. The normalized spacial score (nSPS) is 11.8. The maximum atomic E-state index is 13.5. The summed E-state index contributed by atoms with van der Waals surface area (Å²) in [5.41, 5.74) is -1.16. The van der Waals surface area contributed by atoms with E-state index in [1.54, 1.807) is 6.92 Å². The minimum Gasteiger partial charge on any atom is -0.376 e. The first-order chi connectivity index (χ1) is 9.83. The maximum Gasteiger partial charge on any atom is 0.520 e. The first-order valence-electron chi connectivity index (χ1n) is 5.83. The van der Waals surface area contributed by atoms with Crippen LogP contribution in [0.4, 0.5) is 27.6 Å². The molecule has 0 spiro atoms. The summed E-state index contributed by atoms with van der Waals surface area (Å²) >= 11 is 0. The monoisotopic (exact) mass is 331 g/mol. The van der Waals surface area contributed by atoms with Crippen LogP contribution in [-0.4, -0.2) is 35.8 Å². The highest BCUT2D eigenvalue weighted by atomic mass is 28.4. The van der Waals surface area contributed by atoms with Crippen LogP contribution >= 0.6 is 0 Å². The van der Waals surface area contributed by atoms with E-state index in [1.807, 2.05) is 0 Å². The Balaban J connectivity index is 3.09. The Bertz CT molecular complexity index is 484. The average Bonchev–Trinajstić information content (AvgIpc) is 2.50. The zero-order chi connectivity index (χ0) is 16.2. The fraction of sp³-hybridized carbons (Fsp3) is 0.455. The van der Waals surface area contributed by atoms with E-state index >= 15 is 0 Å². The molecule has 0 atom stereocenters. The molecule has 21 heavy (non-hydrogen) atoms. The molecule has 1 rings (SSSR count). The van der Waals surface area contributed by atoms with Gasteiger partial charge < -0.3 is 18.6 Å². The summed E-state index contributed by atoms with van der Waals surface area (Å²) in [5.74, 6) is -10.2. The van der Waals surface area contributed by atoms with Crippen molar-refractivity contribution in [3.05, 3.63) is 29.1 Å². The van der Waals surface area contributed by atoms with E-state index in [0.717, 1.165) is 0 Å². The van der Waals surface area contributed by atoms with Crippen molar-refractivity contribution in [2.45, 2.75) is 6.92 Å². The van der Waals surface area contributed by atoms with Crippen molar-refractivity contribution < 1.29 is 35.2 Å². The molecular formula is C11H14F5NO3Si. The molecule has 0 saturated heterocycles. The number of hydrogen-bond donors (Lipinski definition) is 1. The Kier molecular flexibility index (Phi) is 6.07. The van der Waals surface area contributed by atoms with E-state index < -0.39 is 43.6 Å². The molecule has 0 unspecified atom stereocenters. The molecular weight excluding hydrogens is 317 g/mol. The van der Waals surface area contributed by atoms with Crippen LogP contribution in [-0.2, 0) is 13.3 Å². The van der Waals surface area contributed by atoms with Gasteiger partial charge in [-0.05, 0) is 6.92 Å². The molecule has 0 aliphatic carbocycles. The lowest BCUT2D eigenvalue weighted by Gasteiger charge is -2.26. The molecule has 4 nitrogen and oxygen atoms in total. The van der Waals surface area contributed by atoms with Crippen molar-refractivity contribution in [2.24, 2.45) is 0 Å². The smallest absolute Gasteiger partial charge is 0.376 e. The van der Waals surface area contributed by atoms with Gasteiger partial charge in [0, 0.05) is 20.8 Å². The fourth-order valence-corrected chi connectivity index (χ4v) is 3.20. The average molecular weight is 331 g/mol. The lowest BCUT2D eigenvalue weighted by molar-refractivity contribution is 0.107. The Hall–Kier alpha value is -1.23. The fourth-order valence-electron chi connectivity index (χ4n) is 1.57. The van der Waals surface area contributed by atoms with Gasteiger partial charge in [-0.3, -0.25) is 0 Å². The van der Waals surface area contributed by atoms with Gasteiger partial charge in [-0.15, -0.1) is 0 Å². The van der Waals surface area contributed by atoms with Crippen LogP contribution < -0.4 is 5.32 Å². The summed E-state index contributed by atoms with van der Waals surface area (Å²) in [6.45, 7) is 1.82.